The van der Waals surface area contributed by atoms with Gasteiger partial charge < -0.3 is 4.74 Å². The molecular formula is C20H14Cl2N2O7S2. The van der Waals surface area contributed by atoms with E-state index in [1.807, 2.05) is 0 Å². The SMILES string of the molecule is COc1cccnc1N(C(=O)c1cccc(S(=O)(=O)Cl)c1)C(=O)c1cccc(S(=O)(=O)Cl)c1. The molecule has 0 atom stereocenters. The van der Waals surface area contributed by atoms with Gasteiger partial charge >= 0.3 is 0 Å². The number of benzene rings is 2. The first kappa shape index (κ1) is 24.6. The fourth-order valence-electron chi connectivity index (χ4n) is 2.81. The third kappa shape index (κ3) is 5.50. The van der Waals surface area contributed by atoms with Crippen LogP contribution in [-0.4, -0.2) is 40.7 Å². The number of hydrogen-bond acceptors (Lipinski definition) is 8. The Morgan fingerprint density at radius 3 is 1.73 bits per heavy atom. The molecule has 2 aromatic carbocycles. The van der Waals surface area contributed by atoms with E-state index in [4.69, 9.17) is 26.1 Å². The number of carbonyl (C=O) groups excluding carboxylic acids is 2. The number of carbonyl (C=O) groups is 2. The fraction of sp³-hybridized carbons (Fsp3) is 0.0500. The molecule has 0 spiro atoms. The zero-order valence-corrected chi connectivity index (χ0v) is 19.8. The summed E-state index contributed by atoms with van der Waals surface area (Å²) in [5.74, 6) is -2.06. The molecule has 0 unspecified atom stereocenters. The van der Waals surface area contributed by atoms with Crippen LogP contribution in [0.25, 0.3) is 0 Å². The number of hydrogen-bond donors (Lipinski definition) is 0. The Balaban J connectivity index is 2.20. The van der Waals surface area contributed by atoms with Crippen LogP contribution in [0.1, 0.15) is 20.7 Å². The van der Waals surface area contributed by atoms with Crippen molar-refractivity contribution >= 4 is 57.1 Å². The number of imide groups is 1. The van der Waals surface area contributed by atoms with Crippen molar-refractivity contribution < 1.29 is 31.2 Å². The molecular weight excluding hydrogens is 515 g/mol. The number of methoxy groups -OCH3 is 1. The minimum atomic E-state index is -4.16. The Bertz CT molecular complexity index is 1370. The molecule has 0 aliphatic rings. The average molecular weight is 529 g/mol. The molecule has 1 heterocycles. The van der Waals surface area contributed by atoms with Gasteiger partial charge in [0.2, 0.25) is 0 Å². The van der Waals surface area contributed by atoms with Gasteiger partial charge in [0.15, 0.2) is 11.6 Å². The number of anilines is 1. The third-order valence-electron chi connectivity index (χ3n) is 4.31. The normalized spacial score (nSPS) is 11.6. The van der Waals surface area contributed by atoms with E-state index in [9.17, 15) is 26.4 Å². The van der Waals surface area contributed by atoms with Gasteiger partial charge in [0.05, 0.1) is 16.9 Å². The van der Waals surface area contributed by atoms with Crippen molar-refractivity contribution in [1.29, 1.82) is 0 Å². The highest BCUT2D eigenvalue weighted by Crippen LogP contribution is 2.29. The highest BCUT2D eigenvalue weighted by atomic mass is 35.7. The zero-order chi connectivity index (χ0) is 24.4. The van der Waals surface area contributed by atoms with Crippen LogP contribution in [0.4, 0.5) is 5.82 Å². The quantitative estimate of drug-likeness (QED) is 0.351. The summed E-state index contributed by atoms with van der Waals surface area (Å²) >= 11 is 0. The van der Waals surface area contributed by atoms with E-state index in [2.05, 4.69) is 4.98 Å². The highest BCUT2D eigenvalue weighted by molar-refractivity contribution is 8.14. The van der Waals surface area contributed by atoms with Crippen LogP contribution < -0.4 is 9.64 Å². The first-order chi connectivity index (χ1) is 15.4. The van der Waals surface area contributed by atoms with Crippen molar-refractivity contribution in [1.82, 2.24) is 4.98 Å². The van der Waals surface area contributed by atoms with Crippen molar-refractivity contribution in [3.05, 3.63) is 78.0 Å². The van der Waals surface area contributed by atoms with Gasteiger partial charge in [-0.05, 0) is 48.5 Å². The summed E-state index contributed by atoms with van der Waals surface area (Å²) in [4.78, 5) is 30.8. The Labute approximate surface area is 198 Å². The smallest absolute Gasteiger partial charge is 0.266 e. The van der Waals surface area contributed by atoms with Gasteiger partial charge in [-0.2, -0.15) is 0 Å². The largest absolute Gasteiger partial charge is 0.493 e. The average Bonchev–Trinajstić information content (AvgIpc) is 2.78. The molecule has 0 aliphatic carbocycles. The van der Waals surface area contributed by atoms with Gasteiger partial charge in [-0.3, -0.25) is 9.59 Å². The summed E-state index contributed by atoms with van der Waals surface area (Å²) in [6.45, 7) is 0. The maximum Gasteiger partial charge on any atom is 0.266 e. The van der Waals surface area contributed by atoms with Crippen molar-refractivity contribution in [2.45, 2.75) is 9.79 Å². The van der Waals surface area contributed by atoms with Crippen molar-refractivity contribution in [3.63, 3.8) is 0 Å². The Kier molecular flexibility index (Phi) is 7.08. The maximum absolute atomic E-state index is 13.4. The predicted octanol–water partition coefficient (Wildman–Crippen LogP) is 3.43. The predicted molar refractivity (Wildman–Crippen MR) is 121 cm³/mol. The Morgan fingerprint density at radius 1 is 0.818 bits per heavy atom. The first-order valence-corrected chi connectivity index (χ1v) is 13.5. The second-order valence-corrected chi connectivity index (χ2v) is 11.5. The van der Waals surface area contributed by atoms with Crippen LogP contribution in [-0.2, 0) is 18.1 Å². The first-order valence-electron chi connectivity index (χ1n) is 8.90. The number of pyridine rings is 1. The van der Waals surface area contributed by atoms with Crippen LogP contribution in [0.3, 0.4) is 0 Å². The molecule has 3 aromatic rings. The fourth-order valence-corrected chi connectivity index (χ4v) is 4.41. The third-order valence-corrected chi connectivity index (χ3v) is 7.02. The molecule has 172 valence electrons. The van der Waals surface area contributed by atoms with Crippen molar-refractivity contribution in [3.8, 4) is 5.75 Å². The molecule has 0 saturated carbocycles. The molecule has 0 saturated heterocycles. The van der Waals surface area contributed by atoms with E-state index < -0.39 is 29.9 Å². The van der Waals surface area contributed by atoms with Crippen LogP contribution in [0.2, 0.25) is 0 Å². The van der Waals surface area contributed by atoms with Crippen LogP contribution in [0, 0.1) is 0 Å². The number of rotatable bonds is 6. The van der Waals surface area contributed by atoms with Gasteiger partial charge in [-0.25, -0.2) is 26.7 Å². The second kappa shape index (κ2) is 9.48. The molecule has 9 nitrogen and oxygen atoms in total. The minimum absolute atomic E-state index is 0.0569. The summed E-state index contributed by atoms with van der Waals surface area (Å²) in [5.41, 5.74) is -0.391. The Morgan fingerprint density at radius 2 is 1.30 bits per heavy atom. The molecule has 0 N–H and O–H groups in total. The Hall–Kier alpha value is -2.99. The van der Waals surface area contributed by atoms with Gasteiger partial charge in [0.1, 0.15) is 0 Å². The number of halogens is 2. The van der Waals surface area contributed by atoms with Gasteiger partial charge in [0, 0.05) is 38.7 Å². The summed E-state index contributed by atoms with van der Waals surface area (Å²) in [6, 6.07) is 12.4. The lowest BCUT2D eigenvalue weighted by molar-refractivity contribution is 0.0895. The van der Waals surface area contributed by atoms with E-state index in [-0.39, 0.29) is 32.5 Å². The van der Waals surface area contributed by atoms with Crippen LogP contribution in [0.5, 0.6) is 5.75 Å². The van der Waals surface area contributed by atoms with Crippen LogP contribution in [0.15, 0.2) is 76.7 Å². The lowest BCUT2D eigenvalue weighted by Crippen LogP contribution is -2.38. The summed E-state index contributed by atoms with van der Waals surface area (Å²) in [6.07, 6.45) is 1.31. The van der Waals surface area contributed by atoms with E-state index >= 15 is 0 Å². The van der Waals surface area contributed by atoms with Gasteiger partial charge in [-0.1, -0.05) is 12.1 Å². The second-order valence-electron chi connectivity index (χ2n) is 6.41. The van der Waals surface area contributed by atoms with Crippen LogP contribution >= 0.6 is 21.4 Å². The van der Waals surface area contributed by atoms with Gasteiger partial charge in [-0.15, -0.1) is 0 Å². The molecule has 3 rings (SSSR count). The monoisotopic (exact) mass is 528 g/mol. The molecule has 2 amide bonds. The van der Waals surface area contributed by atoms with Crippen molar-refractivity contribution in [2.24, 2.45) is 0 Å². The number of aromatic nitrogens is 1. The lowest BCUT2D eigenvalue weighted by atomic mass is 10.1. The summed E-state index contributed by atoms with van der Waals surface area (Å²) in [7, 11) is 3.73. The lowest BCUT2D eigenvalue weighted by Gasteiger charge is -2.22. The topological polar surface area (TPSA) is 128 Å². The summed E-state index contributed by atoms with van der Waals surface area (Å²) < 4.78 is 52.0. The molecule has 1 aromatic heterocycles. The molecule has 0 bridgehead atoms. The minimum Gasteiger partial charge on any atom is -0.493 e. The highest BCUT2D eigenvalue weighted by Gasteiger charge is 2.31. The molecule has 0 aliphatic heterocycles. The maximum atomic E-state index is 13.4. The molecule has 0 radical (unpaired) electrons. The molecule has 13 heteroatoms. The summed E-state index contributed by atoms with van der Waals surface area (Å²) in [5, 5.41) is 0. The van der Waals surface area contributed by atoms with E-state index in [0.29, 0.717) is 4.90 Å². The molecule has 33 heavy (non-hydrogen) atoms. The van der Waals surface area contributed by atoms with E-state index in [1.165, 1.54) is 61.8 Å². The number of nitrogens with zero attached hydrogens (tertiary/aromatic N) is 2. The van der Waals surface area contributed by atoms with Crippen molar-refractivity contribution in [2.75, 3.05) is 12.0 Å². The van der Waals surface area contributed by atoms with Gasteiger partial charge in [0.25, 0.3) is 29.9 Å². The number of ether oxygens (including phenoxy) is 1. The number of amides is 2. The van der Waals surface area contributed by atoms with E-state index in [0.717, 1.165) is 12.1 Å². The molecule has 0 fully saturated rings. The zero-order valence-electron chi connectivity index (χ0n) is 16.7. The van der Waals surface area contributed by atoms with E-state index in [1.54, 1.807) is 0 Å². The standard InChI is InChI=1S/C20H14Cl2N2O7S2/c1-31-17-9-4-10-23-18(17)24(19(25)13-5-2-7-15(11-13)32(21,27)28)20(26)14-6-3-8-16(12-14)33(22,29)30/h2-12H,1H3.